The molecule has 0 amide bonds. The lowest BCUT2D eigenvalue weighted by Crippen LogP contribution is -2.41. The molecule has 1 aliphatic rings. The van der Waals surface area contributed by atoms with Crippen LogP contribution in [0.1, 0.15) is 30.5 Å². The molecule has 0 aliphatic carbocycles. The van der Waals surface area contributed by atoms with Crippen molar-refractivity contribution in [3.8, 4) is 5.75 Å². The van der Waals surface area contributed by atoms with Crippen LogP contribution in [0.2, 0.25) is 0 Å². The van der Waals surface area contributed by atoms with Crippen molar-refractivity contribution in [3.63, 3.8) is 0 Å². The van der Waals surface area contributed by atoms with E-state index >= 15 is 0 Å². The molecule has 1 aromatic carbocycles. The van der Waals surface area contributed by atoms with Crippen LogP contribution in [0.25, 0.3) is 0 Å². The maximum absolute atomic E-state index is 5.64. The van der Waals surface area contributed by atoms with Crippen molar-refractivity contribution in [1.29, 1.82) is 0 Å². The van der Waals surface area contributed by atoms with Crippen molar-refractivity contribution in [3.05, 3.63) is 53.2 Å². The predicted molar refractivity (Wildman–Crippen MR) is 126 cm³/mol. The number of ether oxygens (including phenoxy) is 2. The van der Waals surface area contributed by atoms with E-state index in [1.54, 1.807) is 7.11 Å². The summed E-state index contributed by atoms with van der Waals surface area (Å²) in [6, 6.07) is 10.5. The minimum Gasteiger partial charge on any atom is -0.496 e. The van der Waals surface area contributed by atoms with Crippen LogP contribution < -0.4 is 20.3 Å². The topological polar surface area (TPSA) is 71.0 Å². The smallest absolute Gasteiger partial charge is 0.191 e. The summed E-state index contributed by atoms with van der Waals surface area (Å²) < 4.78 is 11.1. The Balaban J connectivity index is 1.57. The van der Waals surface area contributed by atoms with Crippen molar-refractivity contribution in [1.82, 2.24) is 15.6 Å². The van der Waals surface area contributed by atoms with Crippen molar-refractivity contribution >= 4 is 11.8 Å². The van der Waals surface area contributed by atoms with E-state index in [-0.39, 0.29) is 6.10 Å². The second-order valence-electron chi connectivity index (χ2n) is 7.83. The monoisotopic (exact) mass is 425 g/mol. The van der Waals surface area contributed by atoms with E-state index in [0.29, 0.717) is 6.54 Å². The van der Waals surface area contributed by atoms with Crippen molar-refractivity contribution in [2.24, 2.45) is 4.99 Å². The molecule has 1 atom stereocenters. The highest BCUT2D eigenvalue weighted by molar-refractivity contribution is 5.79. The van der Waals surface area contributed by atoms with Gasteiger partial charge >= 0.3 is 0 Å². The molecule has 1 saturated heterocycles. The number of nitrogens with one attached hydrogen (secondary N) is 2. The summed E-state index contributed by atoms with van der Waals surface area (Å²) in [6.07, 6.45) is 3.00. The Kier molecular flexibility index (Phi) is 8.53. The minimum absolute atomic E-state index is 0.232. The number of aromatic nitrogens is 1. The Morgan fingerprint density at radius 2 is 2.13 bits per heavy atom. The molecule has 7 nitrogen and oxygen atoms in total. The van der Waals surface area contributed by atoms with Gasteiger partial charge in [0.25, 0.3) is 0 Å². The standard InChI is InChI=1S/C24H35N5O2/c1-5-25-24(27-11-8-20-7-6-18(2)22(14-20)30-4)28-16-21-9-10-26-23(15-21)29-12-13-31-19(3)17-29/h6-7,9-10,14-15,19H,5,8,11-13,16-17H2,1-4H3,(H2,25,27,28). The van der Waals surface area contributed by atoms with Crippen LogP contribution >= 0.6 is 0 Å². The molecular weight excluding hydrogens is 390 g/mol. The van der Waals surface area contributed by atoms with Gasteiger partial charge < -0.3 is 25.0 Å². The van der Waals surface area contributed by atoms with Crippen LogP contribution in [0.3, 0.4) is 0 Å². The second kappa shape index (κ2) is 11.6. The molecule has 1 aliphatic heterocycles. The first-order chi connectivity index (χ1) is 15.1. The summed E-state index contributed by atoms with van der Waals surface area (Å²) in [5.74, 6) is 2.75. The number of anilines is 1. The molecule has 2 N–H and O–H groups in total. The van der Waals surface area contributed by atoms with Crippen LogP contribution in [-0.4, -0.2) is 56.9 Å². The number of nitrogens with zero attached hydrogens (tertiary/aromatic N) is 3. The van der Waals surface area contributed by atoms with Crippen molar-refractivity contribution < 1.29 is 9.47 Å². The summed E-state index contributed by atoms with van der Waals surface area (Å²) in [5.41, 5.74) is 3.53. The van der Waals surface area contributed by atoms with Gasteiger partial charge in [-0.3, -0.25) is 0 Å². The average molecular weight is 426 g/mol. The van der Waals surface area contributed by atoms with Crippen molar-refractivity contribution in [2.75, 3.05) is 44.8 Å². The Morgan fingerprint density at radius 3 is 2.90 bits per heavy atom. The molecule has 168 valence electrons. The van der Waals surface area contributed by atoms with Crippen LogP contribution in [0.4, 0.5) is 5.82 Å². The zero-order valence-electron chi connectivity index (χ0n) is 19.1. The molecule has 0 saturated carbocycles. The molecule has 0 spiro atoms. The lowest BCUT2D eigenvalue weighted by atomic mass is 10.1. The minimum atomic E-state index is 0.232. The Labute approximate surface area is 185 Å². The molecule has 3 rings (SSSR count). The number of aryl methyl sites for hydroxylation is 1. The molecule has 0 bridgehead atoms. The highest BCUT2D eigenvalue weighted by Gasteiger charge is 2.18. The predicted octanol–water partition coefficient (Wildman–Crippen LogP) is 2.92. The molecule has 2 aromatic rings. The summed E-state index contributed by atoms with van der Waals surface area (Å²) in [6.45, 7) is 10.9. The van der Waals surface area contributed by atoms with E-state index in [1.807, 2.05) is 12.3 Å². The number of rotatable bonds is 8. The van der Waals surface area contributed by atoms with E-state index in [4.69, 9.17) is 14.5 Å². The number of methoxy groups -OCH3 is 1. The quantitative estimate of drug-likeness (QED) is 0.501. The first-order valence-electron chi connectivity index (χ1n) is 11.1. The molecule has 31 heavy (non-hydrogen) atoms. The second-order valence-corrected chi connectivity index (χ2v) is 7.83. The molecule has 1 aromatic heterocycles. The van der Waals surface area contributed by atoms with Gasteiger partial charge in [-0.05, 0) is 62.1 Å². The van der Waals surface area contributed by atoms with Crippen LogP contribution in [0.15, 0.2) is 41.5 Å². The van der Waals surface area contributed by atoms with E-state index in [2.05, 4.69) is 65.6 Å². The van der Waals surface area contributed by atoms with Crippen LogP contribution in [-0.2, 0) is 17.7 Å². The number of morpholine rings is 1. The van der Waals surface area contributed by atoms with Crippen molar-refractivity contribution in [2.45, 2.75) is 39.8 Å². The number of benzene rings is 1. The maximum Gasteiger partial charge on any atom is 0.191 e. The zero-order valence-corrected chi connectivity index (χ0v) is 19.1. The van der Waals surface area contributed by atoms with Gasteiger partial charge in [-0.2, -0.15) is 0 Å². The highest BCUT2D eigenvalue weighted by atomic mass is 16.5. The van der Waals surface area contributed by atoms with Gasteiger partial charge in [-0.1, -0.05) is 12.1 Å². The zero-order chi connectivity index (χ0) is 22.1. The number of aliphatic imine (C=N–C) groups is 1. The fraction of sp³-hybridized carbons (Fsp3) is 0.500. The van der Waals surface area contributed by atoms with E-state index in [1.165, 1.54) is 5.56 Å². The number of guanidine groups is 1. The van der Waals surface area contributed by atoms with Gasteiger partial charge in [-0.15, -0.1) is 0 Å². The fourth-order valence-electron chi connectivity index (χ4n) is 3.62. The van der Waals surface area contributed by atoms with Crippen LogP contribution in [0, 0.1) is 6.92 Å². The molecular formula is C24H35N5O2. The Hall–Kier alpha value is -2.80. The molecule has 2 heterocycles. The molecule has 0 radical (unpaired) electrons. The maximum atomic E-state index is 5.64. The van der Waals surface area contributed by atoms with Gasteiger partial charge in [0, 0.05) is 32.4 Å². The first-order valence-corrected chi connectivity index (χ1v) is 11.1. The fourth-order valence-corrected chi connectivity index (χ4v) is 3.62. The normalized spacial score (nSPS) is 16.8. The lowest BCUT2D eigenvalue weighted by Gasteiger charge is -2.32. The third kappa shape index (κ3) is 6.85. The van der Waals surface area contributed by atoms with E-state index in [9.17, 15) is 0 Å². The van der Waals surface area contributed by atoms with Gasteiger partial charge in [0.05, 0.1) is 26.4 Å². The summed E-state index contributed by atoms with van der Waals surface area (Å²) >= 11 is 0. The lowest BCUT2D eigenvalue weighted by molar-refractivity contribution is 0.0529. The number of pyridine rings is 1. The van der Waals surface area contributed by atoms with Gasteiger partial charge in [0.2, 0.25) is 0 Å². The van der Waals surface area contributed by atoms with E-state index in [0.717, 1.165) is 67.9 Å². The molecule has 1 fully saturated rings. The summed E-state index contributed by atoms with van der Waals surface area (Å²) in [5, 5.41) is 6.76. The van der Waals surface area contributed by atoms with Gasteiger partial charge in [-0.25, -0.2) is 9.98 Å². The van der Waals surface area contributed by atoms with Gasteiger partial charge in [0.15, 0.2) is 5.96 Å². The Morgan fingerprint density at radius 1 is 1.26 bits per heavy atom. The third-order valence-corrected chi connectivity index (χ3v) is 5.32. The third-order valence-electron chi connectivity index (χ3n) is 5.32. The average Bonchev–Trinajstić information content (AvgIpc) is 2.78. The number of hydrogen-bond donors (Lipinski definition) is 2. The van der Waals surface area contributed by atoms with Crippen LogP contribution in [0.5, 0.6) is 5.75 Å². The molecule has 7 heteroatoms. The van der Waals surface area contributed by atoms with E-state index < -0.39 is 0 Å². The SMILES string of the molecule is CCNC(=NCc1ccnc(N2CCOC(C)C2)c1)NCCc1ccc(C)c(OC)c1. The summed E-state index contributed by atoms with van der Waals surface area (Å²) in [4.78, 5) is 11.6. The number of hydrogen-bond acceptors (Lipinski definition) is 5. The largest absolute Gasteiger partial charge is 0.496 e. The Bertz CT molecular complexity index is 871. The highest BCUT2D eigenvalue weighted by Crippen LogP contribution is 2.19. The molecule has 1 unspecified atom stereocenters. The van der Waals surface area contributed by atoms with Gasteiger partial charge in [0.1, 0.15) is 11.6 Å². The first kappa shape index (κ1) is 22.9. The summed E-state index contributed by atoms with van der Waals surface area (Å²) in [7, 11) is 1.71.